The summed E-state index contributed by atoms with van der Waals surface area (Å²) in [5, 5.41) is 7.51. The lowest BCUT2D eigenvalue weighted by Crippen LogP contribution is -2.26. The molecule has 0 radical (unpaired) electrons. The molecule has 1 aromatic heterocycles. The van der Waals surface area contributed by atoms with Gasteiger partial charge >= 0.3 is 0 Å². The van der Waals surface area contributed by atoms with Crippen LogP contribution in [-0.4, -0.2) is 21.3 Å². The van der Waals surface area contributed by atoms with Crippen molar-refractivity contribution >= 4 is 5.69 Å². The molecule has 3 rings (SSSR count). The molecule has 0 saturated heterocycles. The van der Waals surface area contributed by atoms with E-state index in [1.807, 2.05) is 35.9 Å². The highest BCUT2D eigenvalue weighted by Gasteiger charge is 2.24. The summed E-state index contributed by atoms with van der Waals surface area (Å²) < 4.78 is 7.79. The number of anilines is 1. The van der Waals surface area contributed by atoms with E-state index in [1.54, 1.807) is 6.33 Å². The second-order valence-corrected chi connectivity index (χ2v) is 3.92. The van der Waals surface area contributed by atoms with E-state index in [9.17, 15) is 0 Å². The molecule has 17 heavy (non-hydrogen) atoms. The lowest BCUT2D eigenvalue weighted by molar-refractivity contribution is 0.193. The fraction of sp³-hybridized carbons (Fsp3) is 0.333. The Kier molecular flexibility index (Phi) is 2.44. The summed E-state index contributed by atoms with van der Waals surface area (Å²) in [6, 6.07) is 7.93. The van der Waals surface area contributed by atoms with Gasteiger partial charge < -0.3 is 10.1 Å². The van der Waals surface area contributed by atoms with Gasteiger partial charge in [0.2, 0.25) is 0 Å². The van der Waals surface area contributed by atoms with Crippen molar-refractivity contribution < 1.29 is 4.74 Å². The molecular weight excluding hydrogens is 216 g/mol. The number of ether oxygens (including phenoxy) is 1. The highest BCUT2D eigenvalue weighted by molar-refractivity contribution is 5.57. The fourth-order valence-electron chi connectivity index (χ4n) is 2.02. The zero-order valence-corrected chi connectivity index (χ0v) is 9.63. The number of aryl methyl sites for hydroxylation is 1. The molecule has 0 saturated carbocycles. The molecule has 1 aliphatic rings. The number of fused-ring (bicyclic) bond motifs is 1. The molecule has 1 aromatic carbocycles. The van der Waals surface area contributed by atoms with E-state index >= 15 is 0 Å². The maximum atomic E-state index is 5.93. The summed E-state index contributed by atoms with van der Waals surface area (Å²) >= 11 is 0. The topological polar surface area (TPSA) is 52.0 Å². The predicted molar refractivity (Wildman–Crippen MR) is 64.0 cm³/mol. The molecule has 2 aromatic rings. The maximum absolute atomic E-state index is 5.93. The molecule has 1 unspecified atom stereocenters. The lowest BCUT2D eigenvalue weighted by Gasteiger charge is -2.26. The molecule has 5 nitrogen and oxygen atoms in total. The van der Waals surface area contributed by atoms with E-state index in [1.165, 1.54) is 0 Å². The van der Waals surface area contributed by atoms with Crippen LogP contribution < -0.4 is 10.1 Å². The predicted octanol–water partition coefficient (Wildman–Crippen LogP) is 1.84. The number of hydrogen-bond donors (Lipinski definition) is 1. The van der Waals surface area contributed by atoms with Crippen molar-refractivity contribution in [1.29, 1.82) is 0 Å². The molecule has 1 atom stereocenters. The van der Waals surface area contributed by atoms with Gasteiger partial charge in [0.15, 0.2) is 11.9 Å². The Morgan fingerprint density at radius 3 is 3.24 bits per heavy atom. The fourth-order valence-corrected chi connectivity index (χ4v) is 2.02. The minimum atomic E-state index is -0.0765. The van der Waals surface area contributed by atoms with Crippen LogP contribution in [-0.2, 0) is 6.54 Å². The monoisotopic (exact) mass is 230 g/mol. The molecule has 2 heterocycles. The van der Waals surface area contributed by atoms with Crippen LogP contribution in [0.4, 0.5) is 5.69 Å². The minimum Gasteiger partial charge on any atom is -0.478 e. The van der Waals surface area contributed by atoms with Gasteiger partial charge in [0.25, 0.3) is 0 Å². The minimum absolute atomic E-state index is 0.0765. The first-order valence-corrected chi connectivity index (χ1v) is 5.75. The number of aromatic nitrogens is 3. The molecule has 0 amide bonds. The Morgan fingerprint density at radius 2 is 2.35 bits per heavy atom. The second kappa shape index (κ2) is 4.08. The maximum Gasteiger partial charge on any atom is 0.175 e. The van der Waals surface area contributed by atoms with Gasteiger partial charge in [0.05, 0.1) is 12.2 Å². The largest absolute Gasteiger partial charge is 0.478 e. The van der Waals surface area contributed by atoms with Crippen LogP contribution in [0, 0.1) is 0 Å². The molecule has 0 aliphatic carbocycles. The zero-order chi connectivity index (χ0) is 11.7. The number of hydrogen-bond acceptors (Lipinski definition) is 4. The number of para-hydroxylation sites is 2. The third kappa shape index (κ3) is 1.73. The van der Waals surface area contributed by atoms with Crippen molar-refractivity contribution in [2.45, 2.75) is 19.6 Å². The van der Waals surface area contributed by atoms with Gasteiger partial charge in [-0.2, -0.15) is 5.10 Å². The Morgan fingerprint density at radius 1 is 1.47 bits per heavy atom. The van der Waals surface area contributed by atoms with Crippen molar-refractivity contribution in [2.24, 2.45) is 0 Å². The van der Waals surface area contributed by atoms with Crippen molar-refractivity contribution in [2.75, 3.05) is 11.9 Å². The summed E-state index contributed by atoms with van der Waals surface area (Å²) in [4.78, 5) is 4.27. The third-order valence-electron chi connectivity index (χ3n) is 2.87. The van der Waals surface area contributed by atoms with E-state index in [2.05, 4.69) is 15.4 Å². The number of rotatable bonds is 2. The highest BCUT2D eigenvalue weighted by Crippen LogP contribution is 2.32. The standard InChI is InChI=1S/C12H14N4O/c1-2-16-12(14-8-15-16)11-7-13-9-5-3-4-6-10(9)17-11/h3-6,8,11,13H,2,7H2,1H3. The van der Waals surface area contributed by atoms with Crippen molar-refractivity contribution in [3.63, 3.8) is 0 Å². The Balaban J connectivity index is 1.89. The summed E-state index contributed by atoms with van der Waals surface area (Å²) in [7, 11) is 0. The van der Waals surface area contributed by atoms with Gasteiger partial charge in [-0.3, -0.25) is 0 Å². The van der Waals surface area contributed by atoms with Crippen LogP contribution in [0.15, 0.2) is 30.6 Å². The van der Waals surface area contributed by atoms with Crippen LogP contribution in [0.25, 0.3) is 0 Å². The van der Waals surface area contributed by atoms with Gasteiger partial charge in [0, 0.05) is 6.54 Å². The van der Waals surface area contributed by atoms with Crippen molar-refractivity contribution in [3.8, 4) is 5.75 Å². The van der Waals surface area contributed by atoms with E-state index in [0.29, 0.717) is 0 Å². The summed E-state index contributed by atoms with van der Waals surface area (Å²) in [6.07, 6.45) is 1.50. The first-order valence-electron chi connectivity index (χ1n) is 5.75. The van der Waals surface area contributed by atoms with Gasteiger partial charge in [-0.1, -0.05) is 12.1 Å². The van der Waals surface area contributed by atoms with Crippen LogP contribution in [0.1, 0.15) is 18.9 Å². The smallest absolute Gasteiger partial charge is 0.175 e. The van der Waals surface area contributed by atoms with Crippen molar-refractivity contribution in [1.82, 2.24) is 14.8 Å². The van der Waals surface area contributed by atoms with E-state index in [0.717, 1.165) is 30.4 Å². The van der Waals surface area contributed by atoms with Crippen LogP contribution in [0.5, 0.6) is 5.75 Å². The molecule has 88 valence electrons. The van der Waals surface area contributed by atoms with E-state index < -0.39 is 0 Å². The molecular formula is C12H14N4O. The van der Waals surface area contributed by atoms with E-state index in [-0.39, 0.29) is 6.10 Å². The molecule has 5 heteroatoms. The second-order valence-electron chi connectivity index (χ2n) is 3.92. The molecule has 0 bridgehead atoms. The third-order valence-corrected chi connectivity index (χ3v) is 2.87. The first kappa shape index (κ1) is 10.1. The van der Waals surface area contributed by atoms with Crippen LogP contribution >= 0.6 is 0 Å². The first-order chi connectivity index (χ1) is 8.38. The number of nitrogens with one attached hydrogen (secondary N) is 1. The van der Waals surface area contributed by atoms with Gasteiger partial charge in [-0.15, -0.1) is 0 Å². The van der Waals surface area contributed by atoms with Gasteiger partial charge in [-0.25, -0.2) is 9.67 Å². The van der Waals surface area contributed by atoms with Crippen molar-refractivity contribution in [3.05, 3.63) is 36.4 Å². The lowest BCUT2D eigenvalue weighted by atomic mass is 10.2. The summed E-state index contributed by atoms with van der Waals surface area (Å²) in [6.45, 7) is 3.56. The average molecular weight is 230 g/mol. The SMILES string of the molecule is CCn1ncnc1C1CNc2ccccc2O1. The summed E-state index contributed by atoms with van der Waals surface area (Å²) in [5.74, 6) is 1.74. The number of benzene rings is 1. The quantitative estimate of drug-likeness (QED) is 0.855. The highest BCUT2D eigenvalue weighted by atomic mass is 16.5. The Hall–Kier alpha value is -2.04. The zero-order valence-electron chi connectivity index (χ0n) is 9.63. The Labute approximate surface area is 99.4 Å². The van der Waals surface area contributed by atoms with Gasteiger partial charge in [-0.05, 0) is 19.1 Å². The molecule has 0 fully saturated rings. The average Bonchev–Trinajstić information content (AvgIpc) is 2.86. The number of nitrogens with zero attached hydrogens (tertiary/aromatic N) is 3. The van der Waals surface area contributed by atoms with Crippen LogP contribution in [0.3, 0.4) is 0 Å². The Bertz CT molecular complexity index is 523. The van der Waals surface area contributed by atoms with Gasteiger partial charge in [0.1, 0.15) is 12.1 Å². The summed E-state index contributed by atoms with van der Waals surface area (Å²) in [5.41, 5.74) is 1.03. The molecule has 1 N–H and O–H groups in total. The molecule has 1 aliphatic heterocycles. The normalized spacial score (nSPS) is 18.1. The molecule has 0 spiro atoms. The van der Waals surface area contributed by atoms with Crippen LogP contribution in [0.2, 0.25) is 0 Å². The van der Waals surface area contributed by atoms with E-state index in [4.69, 9.17) is 4.74 Å².